The number of benzene rings is 2. The number of esters is 1. The second-order valence-electron chi connectivity index (χ2n) is 7.59. The monoisotopic (exact) mass is 476 g/mol. The molecule has 0 bridgehead atoms. The summed E-state index contributed by atoms with van der Waals surface area (Å²) in [5.74, 6) is -0.110. The number of anilines is 1. The Morgan fingerprint density at radius 2 is 1.79 bits per heavy atom. The van der Waals surface area contributed by atoms with Crippen molar-refractivity contribution in [3.05, 3.63) is 48.0 Å². The molecule has 1 atom stereocenters. The molecule has 176 valence electrons. The maximum atomic E-state index is 12.7. The molecule has 0 spiro atoms. The van der Waals surface area contributed by atoms with E-state index in [1.54, 1.807) is 11.0 Å². The number of nitrogens with zero attached hydrogens (tertiary/aromatic N) is 1. The zero-order valence-corrected chi connectivity index (χ0v) is 18.8. The zero-order valence-electron chi connectivity index (χ0n) is 18.0. The molecule has 2 aliphatic rings. The first-order valence-electron chi connectivity index (χ1n) is 10.4. The molecule has 2 aliphatic heterocycles. The molecule has 10 nitrogen and oxygen atoms in total. The molecule has 0 saturated carbocycles. The van der Waals surface area contributed by atoms with E-state index >= 15 is 0 Å². The van der Waals surface area contributed by atoms with Gasteiger partial charge in [-0.3, -0.25) is 9.52 Å². The van der Waals surface area contributed by atoms with Gasteiger partial charge in [-0.1, -0.05) is 0 Å². The molecule has 0 radical (unpaired) electrons. The van der Waals surface area contributed by atoms with Gasteiger partial charge in [0.2, 0.25) is 0 Å². The smallest absolute Gasteiger partial charge is 0.338 e. The lowest BCUT2D eigenvalue weighted by molar-refractivity contribution is -0.141. The predicted molar refractivity (Wildman–Crippen MR) is 117 cm³/mol. The molecular formula is C22H24N2O8S. The fraction of sp³-hybridized carbons (Fsp3) is 0.364. The van der Waals surface area contributed by atoms with Crippen molar-refractivity contribution < 1.29 is 37.0 Å². The number of sulfonamides is 1. The number of amides is 1. The van der Waals surface area contributed by atoms with Crippen molar-refractivity contribution in [1.29, 1.82) is 0 Å². The maximum Gasteiger partial charge on any atom is 0.338 e. The van der Waals surface area contributed by atoms with E-state index in [2.05, 4.69) is 4.72 Å². The third kappa shape index (κ3) is 5.55. The molecule has 0 aliphatic carbocycles. The Kier molecular flexibility index (Phi) is 6.70. The highest BCUT2D eigenvalue weighted by molar-refractivity contribution is 7.92. The van der Waals surface area contributed by atoms with Gasteiger partial charge in [-0.15, -0.1) is 0 Å². The summed E-state index contributed by atoms with van der Waals surface area (Å²) in [6, 6.07) is 10.1. The number of hydrogen-bond acceptors (Lipinski definition) is 8. The first-order chi connectivity index (χ1) is 15.8. The highest BCUT2D eigenvalue weighted by Gasteiger charge is 2.23. The molecule has 2 aromatic carbocycles. The lowest BCUT2D eigenvalue weighted by Crippen LogP contribution is -2.46. The summed E-state index contributed by atoms with van der Waals surface area (Å²) in [4.78, 5) is 26.1. The van der Waals surface area contributed by atoms with Gasteiger partial charge in [-0.05, 0) is 43.3 Å². The number of hydrogen-bond donors (Lipinski definition) is 1. The van der Waals surface area contributed by atoms with Crippen LogP contribution in [-0.4, -0.2) is 70.8 Å². The summed E-state index contributed by atoms with van der Waals surface area (Å²) >= 11 is 0. The lowest BCUT2D eigenvalue weighted by Gasteiger charge is -2.30. The number of carbonyl (C=O) groups is 2. The minimum Gasteiger partial charge on any atom is -0.486 e. The number of ether oxygens (including phenoxy) is 4. The molecule has 2 aromatic rings. The van der Waals surface area contributed by atoms with E-state index in [1.807, 2.05) is 6.92 Å². The van der Waals surface area contributed by atoms with Crippen LogP contribution in [-0.2, 0) is 24.3 Å². The summed E-state index contributed by atoms with van der Waals surface area (Å²) in [7, 11) is -3.88. The average Bonchev–Trinajstić information content (AvgIpc) is 2.82. The van der Waals surface area contributed by atoms with Crippen molar-refractivity contribution in [2.24, 2.45) is 0 Å². The van der Waals surface area contributed by atoms with Gasteiger partial charge in [-0.25, -0.2) is 13.2 Å². The average molecular weight is 477 g/mol. The Morgan fingerprint density at radius 3 is 2.52 bits per heavy atom. The Labute approximate surface area is 191 Å². The van der Waals surface area contributed by atoms with Crippen LogP contribution in [0.1, 0.15) is 17.3 Å². The molecule has 1 unspecified atom stereocenters. The van der Waals surface area contributed by atoms with Crippen LogP contribution in [0.5, 0.6) is 11.5 Å². The number of carbonyl (C=O) groups excluding carboxylic acids is 2. The van der Waals surface area contributed by atoms with Crippen molar-refractivity contribution in [1.82, 2.24) is 4.90 Å². The molecule has 33 heavy (non-hydrogen) atoms. The Hall–Kier alpha value is -3.31. The van der Waals surface area contributed by atoms with Crippen molar-refractivity contribution in [3.8, 4) is 11.5 Å². The van der Waals surface area contributed by atoms with E-state index in [9.17, 15) is 18.0 Å². The van der Waals surface area contributed by atoms with Gasteiger partial charge in [0.05, 0.1) is 23.2 Å². The standard InChI is InChI=1S/C22H24N2O8S/c1-15-13-24(8-9-29-15)21(25)14-32-22(26)16-2-4-17(5-3-16)23-33(27,28)18-6-7-19-20(12-18)31-11-10-30-19/h2-7,12,15,23H,8-11,13-14H2,1H3. The quantitative estimate of drug-likeness (QED) is 0.625. The number of rotatable bonds is 6. The second-order valence-corrected chi connectivity index (χ2v) is 9.27. The second kappa shape index (κ2) is 9.67. The lowest BCUT2D eigenvalue weighted by atomic mass is 10.2. The Morgan fingerprint density at radius 1 is 1.06 bits per heavy atom. The van der Waals surface area contributed by atoms with E-state index in [0.717, 1.165) is 0 Å². The molecule has 11 heteroatoms. The van der Waals surface area contributed by atoms with Crippen LogP contribution in [0.15, 0.2) is 47.4 Å². The summed E-state index contributed by atoms with van der Waals surface area (Å²) < 4.78 is 49.2. The van der Waals surface area contributed by atoms with Gasteiger partial charge in [0.15, 0.2) is 18.1 Å². The van der Waals surface area contributed by atoms with E-state index in [1.165, 1.54) is 36.4 Å². The molecule has 2 heterocycles. The van der Waals surface area contributed by atoms with E-state index in [0.29, 0.717) is 44.4 Å². The first kappa shape index (κ1) is 22.9. The SMILES string of the molecule is CC1CN(C(=O)COC(=O)c2ccc(NS(=O)(=O)c3ccc4c(c3)OCCO4)cc2)CCO1. The van der Waals surface area contributed by atoms with Gasteiger partial charge < -0.3 is 23.8 Å². The van der Waals surface area contributed by atoms with Crippen molar-refractivity contribution >= 4 is 27.6 Å². The van der Waals surface area contributed by atoms with Crippen LogP contribution in [0.25, 0.3) is 0 Å². The van der Waals surface area contributed by atoms with Crippen LogP contribution in [0.2, 0.25) is 0 Å². The van der Waals surface area contributed by atoms with Gasteiger partial charge in [-0.2, -0.15) is 0 Å². The van der Waals surface area contributed by atoms with Crippen LogP contribution in [0.3, 0.4) is 0 Å². The summed E-state index contributed by atoms with van der Waals surface area (Å²) in [6.45, 7) is 3.61. The molecular weight excluding hydrogens is 452 g/mol. The van der Waals surface area contributed by atoms with Crippen molar-refractivity contribution in [3.63, 3.8) is 0 Å². The molecule has 1 N–H and O–H groups in total. The van der Waals surface area contributed by atoms with Crippen molar-refractivity contribution in [2.45, 2.75) is 17.9 Å². The van der Waals surface area contributed by atoms with E-state index < -0.39 is 16.0 Å². The van der Waals surface area contributed by atoms with Gasteiger partial charge >= 0.3 is 5.97 Å². The molecule has 0 aromatic heterocycles. The zero-order chi connectivity index (χ0) is 23.4. The fourth-order valence-corrected chi connectivity index (χ4v) is 4.50. The fourth-order valence-electron chi connectivity index (χ4n) is 3.43. The Bertz CT molecular complexity index is 1130. The summed E-state index contributed by atoms with van der Waals surface area (Å²) in [5.41, 5.74) is 0.459. The number of morpholine rings is 1. The third-order valence-electron chi connectivity index (χ3n) is 5.12. The first-order valence-corrected chi connectivity index (χ1v) is 11.9. The predicted octanol–water partition coefficient (Wildman–Crippen LogP) is 1.66. The van der Waals surface area contributed by atoms with Gasteiger partial charge in [0, 0.05) is 24.8 Å². The van der Waals surface area contributed by atoms with Crippen molar-refractivity contribution in [2.75, 3.05) is 44.2 Å². The molecule has 4 rings (SSSR count). The largest absolute Gasteiger partial charge is 0.486 e. The molecule has 1 fully saturated rings. The van der Waals surface area contributed by atoms with Crippen LogP contribution < -0.4 is 14.2 Å². The molecule has 1 saturated heterocycles. The number of nitrogens with one attached hydrogen (secondary N) is 1. The topological polar surface area (TPSA) is 120 Å². The highest BCUT2D eigenvalue weighted by Crippen LogP contribution is 2.32. The Balaban J connectivity index is 1.34. The van der Waals surface area contributed by atoms with Crippen LogP contribution in [0.4, 0.5) is 5.69 Å². The number of fused-ring (bicyclic) bond motifs is 1. The van der Waals surface area contributed by atoms with E-state index in [-0.39, 0.29) is 34.8 Å². The minimum atomic E-state index is -3.88. The van der Waals surface area contributed by atoms with Gasteiger partial charge in [0.25, 0.3) is 15.9 Å². The highest BCUT2D eigenvalue weighted by atomic mass is 32.2. The van der Waals surface area contributed by atoms with Crippen LogP contribution in [0, 0.1) is 0 Å². The van der Waals surface area contributed by atoms with Crippen LogP contribution >= 0.6 is 0 Å². The third-order valence-corrected chi connectivity index (χ3v) is 6.50. The molecule has 1 amide bonds. The van der Waals surface area contributed by atoms with Gasteiger partial charge in [0.1, 0.15) is 13.2 Å². The summed E-state index contributed by atoms with van der Waals surface area (Å²) in [5, 5.41) is 0. The maximum absolute atomic E-state index is 12.7. The normalized spacial score (nSPS) is 17.8. The van der Waals surface area contributed by atoms with E-state index in [4.69, 9.17) is 18.9 Å². The summed E-state index contributed by atoms with van der Waals surface area (Å²) in [6.07, 6.45) is -0.0584. The minimum absolute atomic E-state index is 0.0196.